The maximum Gasteiger partial charge on any atom is 0.0285 e. The lowest BCUT2D eigenvalue weighted by molar-refractivity contribution is 0.408. The zero-order chi connectivity index (χ0) is 13.2. The number of rotatable bonds is 2. The van der Waals surface area contributed by atoms with Gasteiger partial charge >= 0.3 is 0 Å². The molecular formula is C16H18BrNS. The number of nitrogens with one attached hydrogen (secondary N) is 1. The Morgan fingerprint density at radius 3 is 2.68 bits per heavy atom. The molecule has 1 aliphatic rings. The number of thiophene rings is 1. The monoisotopic (exact) mass is 335 g/mol. The molecule has 1 aromatic heterocycles. The second-order valence-corrected chi connectivity index (χ2v) is 7.14. The molecule has 0 aliphatic carbocycles. The van der Waals surface area contributed by atoms with Crippen molar-refractivity contribution in [3.8, 4) is 0 Å². The second kappa shape index (κ2) is 5.78. The summed E-state index contributed by atoms with van der Waals surface area (Å²) < 4.78 is 1.22. The molecular weight excluding hydrogens is 318 g/mol. The fourth-order valence-electron chi connectivity index (χ4n) is 2.89. The van der Waals surface area contributed by atoms with E-state index in [0.717, 1.165) is 13.1 Å². The smallest absolute Gasteiger partial charge is 0.0285 e. The van der Waals surface area contributed by atoms with Crippen molar-refractivity contribution in [1.29, 1.82) is 0 Å². The number of piperidine rings is 1. The molecule has 0 radical (unpaired) electrons. The third kappa shape index (κ3) is 2.93. The highest BCUT2D eigenvalue weighted by Crippen LogP contribution is 2.40. The Labute approximate surface area is 127 Å². The van der Waals surface area contributed by atoms with Crippen LogP contribution in [0.1, 0.15) is 34.3 Å². The zero-order valence-corrected chi connectivity index (χ0v) is 13.4. The number of hydrogen-bond acceptors (Lipinski definition) is 2. The summed E-state index contributed by atoms with van der Waals surface area (Å²) in [5, 5.41) is 5.75. The summed E-state index contributed by atoms with van der Waals surface area (Å²) in [6, 6.07) is 11.3. The lowest BCUT2D eigenvalue weighted by Gasteiger charge is -2.32. The Balaban J connectivity index is 1.90. The van der Waals surface area contributed by atoms with E-state index < -0.39 is 0 Å². The summed E-state index contributed by atoms with van der Waals surface area (Å²) in [5.74, 6) is 1.25. The average Bonchev–Trinajstić information content (AvgIpc) is 2.86. The van der Waals surface area contributed by atoms with Gasteiger partial charge in [0.2, 0.25) is 0 Å². The second-order valence-electron chi connectivity index (χ2n) is 5.28. The van der Waals surface area contributed by atoms with Crippen molar-refractivity contribution < 1.29 is 0 Å². The van der Waals surface area contributed by atoms with E-state index in [9.17, 15) is 0 Å². The first kappa shape index (κ1) is 13.3. The van der Waals surface area contributed by atoms with Gasteiger partial charge in [-0.25, -0.2) is 0 Å². The van der Waals surface area contributed by atoms with Gasteiger partial charge in [-0.05, 0) is 47.4 Å². The van der Waals surface area contributed by atoms with E-state index in [0.29, 0.717) is 11.8 Å². The minimum absolute atomic E-state index is 0.597. The molecule has 1 nitrogen and oxygen atoms in total. The van der Waals surface area contributed by atoms with Crippen LogP contribution in [0.4, 0.5) is 0 Å². The van der Waals surface area contributed by atoms with E-state index in [1.54, 1.807) is 0 Å². The van der Waals surface area contributed by atoms with Gasteiger partial charge < -0.3 is 5.32 Å². The van der Waals surface area contributed by atoms with Crippen LogP contribution < -0.4 is 5.32 Å². The lowest BCUT2D eigenvalue weighted by Crippen LogP contribution is -2.33. The summed E-state index contributed by atoms with van der Waals surface area (Å²) in [7, 11) is 0. The standard InChI is InChI=1S/C16H18BrNS/c1-11-2-4-12(5-3-11)15-9-18-7-6-14(15)16-8-13(17)10-19-16/h2-5,8,10,14-15,18H,6-7,9H2,1H3. The van der Waals surface area contributed by atoms with Crippen LogP contribution in [0.3, 0.4) is 0 Å². The highest BCUT2D eigenvalue weighted by Gasteiger charge is 2.28. The number of halogens is 1. The maximum atomic E-state index is 3.58. The van der Waals surface area contributed by atoms with Gasteiger partial charge in [-0.1, -0.05) is 29.8 Å². The van der Waals surface area contributed by atoms with Crippen molar-refractivity contribution in [2.45, 2.75) is 25.2 Å². The van der Waals surface area contributed by atoms with Gasteiger partial charge in [0.1, 0.15) is 0 Å². The van der Waals surface area contributed by atoms with Crippen LogP contribution in [0.25, 0.3) is 0 Å². The lowest BCUT2D eigenvalue weighted by atomic mass is 9.80. The van der Waals surface area contributed by atoms with E-state index in [1.807, 2.05) is 11.3 Å². The van der Waals surface area contributed by atoms with Crippen molar-refractivity contribution in [1.82, 2.24) is 5.32 Å². The molecule has 0 amide bonds. The van der Waals surface area contributed by atoms with E-state index in [4.69, 9.17) is 0 Å². The number of aryl methyl sites for hydroxylation is 1. The summed E-state index contributed by atoms with van der Waals surface area (Å²) in [5.41, 5.74) is 2.80. The van der Waals surface area contributed by atoms with Crippen LogP contribution in [0, 0.1) is 6.92 Å². The summed E-state index contributed by atoms with van der Waals surface area (Å²) in [6.07, 6.45) is 1.23. The van der Waals surface area contributed by atoms with Crippen LogP contribution in [0.15, 0.2) is 40.2 Å². The molecule has 3 rings (SSSR count). The van der Waals surface area contributed by atoms with Crippen LogP contribution in [0.5, 0.6) is 0 Å². The van der Waals surface area contributed by atoms with Crippen molar-refractivity contribution in [2.24, 2.45) is 0 Å². The topological polar surface area (TPSA) is 12.0 Å². The number of hydrogen-bond donors (Lipinski definition) is 1. The molecule has 1 aliphatic heterocycles. The minimum atomic E-state index is 0.597. The molecule has 2 heterocycles. The van der Waals surface area contributed by atoms with Crippen molar-refractivity contribution in [3.05, 3.63) is 56.2 Å². The summed E-state index contributed by atoms with van der Waals surface area (Å²) in [6.45, 7) is 4.36. The molecule has 0 bridgehead atoms. The highest BCUT2D eigenvalue weighted by atomic mass is 79.9. The van der Waals surface area contributed by atoms with Crippen molar-refractivity contribution >= 4 is 27.3 Å². The molecule has 1 aromatic carbocycles. The van der Waals surface area contributed by atoms with E-state index >= 15 is 0 Å². The van der Waals surface area contributed by atoms with Crippen molar-refractivity contribution in [2.75, 3.05) is 13.1 Å². The van der Waals surface area contributed by atoms with Crippen LogP contribution >= 0.6 is 27.3 Å². The third-order valence-corrected chi connectivity index (χ3v) is 5.77. The molecule has 1 saturated heterocycles. The van der Waals surface area contributed by atoms with Crippen molar-refractivity contribution in [3.63, 3.8) is 0 Å². The molecule has 1 fully saturated rings. The molecule has 0 spiro atoms. The van der Waals surface area contributed by atoms with E-state index in [1.165, 1.54) is 26.9 Å². The van der Waals surface area contributed by atoms with Crippen LogP contribution in [-0.2, 0) is 0 Å². The van der Waals surface area contributed by atoms with Gasteiger partial charge in [-0.15, -0.1) is 11.3 Å². The molecule has 2 unspecified atom stereocenters. The molecule has 0 saturated carbocycles. The minimum Gasteiger partial charge on any atom is -0.316 e. The molecule has 100 valence electrons. The molecule has 19 heavy (non-hydrogen) atoms. The SMILES string of the molecule is Cc1ccc(C2CNCCC2c2cc(Br)cs2)cc1. The molecule has 2 aromatic rings. The summed E-state index contributed by atoms with van der Waals surface area (Å²) in [4.78, 5) is 1.51. The fourth-order valence-corrected chi connectivity index (χ4v) is 4.53. The van der Waals surface area contributed by atoms with Crippen LogP contribution in [0.2, 0.25) is 0 Å². The molecule has 3 heteroatoms. The molecule has 2 atom stereocenters. The average molecular weight is 336 g/mol. The highest BCUT2D eigenvalue weighted by molar-refractivity contribution is 9.10. The van der Waals surface area contributed by atoms with Gasteiger partial charge in [-0.2, -0.15) is 0 Å². The van der Waals surface area contributed by atoms with Gasteiger partial charge in [-0.3, -0.25) is 0 Å². The Kier molecular flexibility index (Phi) is 4.06. The zero-order valence-electron chi connectivity index (χ0n) is 11.0. The van der Waals surface area contributed by atoms with Crippen LogP contribution in [-0.4, -0.2) is 13.1 Å². The van der Waals surface area contributed by atoms with Gasteiger partial charge in [0.15, 0.2) is 0 Å². The van der Waals surface area contributed by atoms with E-state index in [2.05, 4.69) is 63.9 Å². The third-order valence-electron chi connectivity index (χ3n) is 3.94. The largest absolute Gasteiger partial charge is 0.316 e. The van der Waals surface area contributed by atoms with Gasteiger partial charge in [0, 0.05) is 33.1 Å². The number of benzene rings is 1. The molecule has 1 N–H and O–H groups in total. The Bertz CT molecular complexity index is 546. The van der Waals surface area contributed by atoms with Gasteiger partial charge in [0.25, 0.3) is 0 Å². The summed E-state index contributed by atoms with van der Waals surface area (Å²) >= 11 is 5.46. The maximum absolute atomic E-state index is 3.58. The quantitative estimate of drug-likeness (QED) is 0.840. The first-order valence-electron chi connectivity index (χ1n) is 6.75. The predicted octanol–water partition coefficient (Wildman–Crippen LogP) is 4.68. The predicted molar refractivity (Wildman–Crippen MR) is 86.2 cm³/mol. The Morgan fingerprint density at radius 2 is 2.00 bits per heavy atom. The first-order valence-corrected chi connectivity index (χ1v) is 8.42. The Morgan fingerprint density at radius 1 is 1.21 bits per heavy atom. The first-order chi connectivity index (χ1) is 9.24. The fraction of sp³-hybridized carbons (Fsp3) is 0.375. The Hall–Kier alpha value is -0.640. The van der Waals surface area contributed by atoms with E-state index in [-0.39, 0.29) is 0 Å². The van der Waals surface area contributed by atoms with Gasteiger partial charge in [0.05, 0.1) is 0 Å². The normalized spacial score (nSPS) is 23.5.